The molecule has 70 heavy (non-hydrogen) atoms. The van der Waals surface area contributed by atoms with Crippen molar-refractivity contribution in [3.8, 4) is 0 Å². The fourth-order valence-corrected chi connectivity index (χ4v) is 8.30. The number of carbonyl (C=O) groups excluding carboxylic acids is 1. The van der Waals surface area contributed by atoms with E-state index in [1.165, 1.54) is 128 Å². The van der Waals surface area contributed by atoms with Gasteiger partial charge in [0.25, 0.3) is 0 Å². The van der Waals surface area contributed by atoms with Crippen LogP contribution in [-0.2, 0) is 18.4 Å². The molecule has 0 bridgehead atoms. The molecule has 0 aromatic rings. The van der Waals surface area contributed by atoms with Crippen LogP contribution < -0.4 is 5.32 Å². The molecular formula is C61H108N2O6P+. The highest BCUT2D eigenvalue weighted by Gasteiger charge is 2.27. The molecule has 3 atom stereocenters. The molecule has 1 amide bonds. The van der Waals surface area contributed by atoms with Gasteiger partial charge in [-0.1, -0.05) is 239 Å². The molecule has 402 valence electrons. The first-order valence-electron chi connectivity index (χ1n) is 28.3. The lowest BCUT2D eigenvalue weighted by molar-refractivity contribution is -0.870. The summed E-state index contributed by atoms with van der Waals surface area (Å²) >= 11 is 0. The Hall–Kier alpha value is -2.84. The predicted octanol–water partition coefficient (Wildman–Crippen LogP) is 17.2. The minimum Gasteiger partial charge on any atom is -0.387 e. The number of phosphoric acid groups is 1. The standard InChI is InChI=1S/C61H107N2O6P/c1-6-8-10-12-14-16-18-20-22-24-26-27-28-29-30-31-32-33-34-35-37-38-40-42-44-46-48-50-52-54-60(64)59(58-69-70(66,67)68-57-56-63(3,4)5)62-61(65)55-53-51-49-47-45-43-41-39-36-25-23-21-19-17-15-13-11-9-7-2/h9,11,15,17,21,23,36-39,43-46,49,51-52,54,59-60,64H,6-8,10,12-14,16,18-20,22,24-35,40-42,47-48,50,53,55-58H2,1-5H3,(H-,62,65,66,67)/p+1/b11-9-,17-15-,23-21-,38-37+,39-36-,45-43-,46-44+,51-49-,54-52+. The average molecular weight is 997 g/mol. The number of hydrogen-bond donors (Lipinski definition) is 3. The van der Waals surface area contributed by atoms with E-state index in [0.29, 0.717) is 17.4 Å². The second kappa shape index (κ2) is 51.1. The Morgan fingerprint density at radius 2 is 0.871 bits per heavy atom. The van der Waals surface area contributed by atoms with Gasteiger partial charge in [-0.15, -0.1) is 0 Å². The number of carbonyl (C=O) groups is 1. The summed E-state index contributed by atoms with van der Waals surface area (Å²) in [6.07, 6.45) is 75.1. The molecular weight excluding hydrogens is 888 g/mol. The number of hydrogen-bond acceptors (Lipinski definition) is 5. The zero-order valence-corrected chi connectivity index (χ0v) is 46.6. The summed E-state index contributed by atoms with van der Waals surface area (Å²) < 4.78 is 23.6. The number of amides is 1. The number of rotatable bonds is 50. The largest absolute Gasteiger partial charge is 0.472 e. The van der Waals surface area contributed by atoms with Gasteiger partial charge in [-0.2, -0.15) is 0 Å². The van der Waals surface area contributed by atoms with Crippen molar-refractivity contribution in [3.05, 3.63) is 109 Å². The maximum absolute atomic E-state index is 12.9. The molecule has 0 saturated carbocycles. The fraction of sp³-hybridized carbons (Fsp3) is 0.689. The second-order valence-corrected chi connectivity index (χ2v) is 21.4. The number of aliphatic hydroxyl groups excluding tert-OH is 1. The van der Waals surface area contributed by atoms with Crippen molar-refractivity contribution < 1.29 is 32.9 Å². The SMILES string of the molecule is CC/C=C\C/C=C\C/C=C\C/C=C\C/C=C\C/C=C\CCC(=O)NC(COP(=O)(O)OCC[N+](C)(C)C)C(O)/C=C/CC/C=C/CC/C=C/CCCCCCCCCCCCCCCCCCCCC. The van der Waals surface area contributed by atoms with Crippen LogP contribution in [0.3, 0.4) is 0 Å². The molecule has 3 unspecified atom stereocenters. The van der Waals surface area contributed by atoms with Crippen LogP contribution in [0.25, 0.3) is 0 Å². The molecule has 0 aromatic heterocycles. The van der Waals surface area contributed by atoms with Crippen molar-refractivity contribution in [2.75, 3.05) is 40.9 Å². The Balaban J connectivity index is 4.38. The number of allylic oxidation sites excluding steroid dienone is 17. The van der Waals surface area contributed by atoms with Crippen LogP contribution in [-0.4, -0.2) is 73.4 Å². The molecule has 0 spiro atoms. The maximum Gasteiger partial charge on any atom is 0.472 e. The highest BCUT2D eigenvalue weighted by Crippen LogP contribution is 2.43. The summed E-state index contributed by atoms with van der Waals surface area (Å²) in [7, 11) is 1.48. The average Bonchev–Trinajstić information content (AvgIpc) is 3.32. The quantitative estimate of drug-likeness (QED) is 0.0243. The topological polar surface area (TPSA) is 105 Å². The normalized spacial score (nSPS) is 14.8. The number of nitrogens with zero attached hydrogens (tertiary/aromatic N) is 1. The van der Waals surface area contributed by atoms with Gasteiger partial charge in [-0.25, -0.2) is 4.57 Å². The lowest BCUT2D eigenvalue weighted by Crippen LogP contribution is -2.45. The highest BCUT2D eigenvalue weighted by molar-refractivity contribution is 7.47. The lowest BCUT2D eigenvalue weighted by Gasteiger charge is -2.25. The van der Waals surface area contributed by atoms with Gasteiger partial charge in [0.15, 0.2) is 0 Å². The molecule has 0 saturated heterocycles. The summed E-state index contributed by atoms with van der Waals surface area (Å²) in [5.74, 6) is -0.276. The first-order chi connectivity index (χ1) is 34.0. The minimum absolute atomic E-state index is 0.0339. The molecule has 9 heteroatoms. The van der Waals surface area contributed by atoms with Gasteiger partial charge >= 0.3 is 7.82 Å². The van der Waals surface area contributed by atoms with E-state index in [1.54, 1.807) is 6.08 Å². The molecule has 0 radical (unpaired) electrons. The van der Waals surface area contributed by atoms with Crippen LogP contribution in [0, 0.1) is 0 Å². The van der Waals surface area contributed by atoms with Crippen molar-refractivity contribution in [2.45, 2.75) is 231 Å². The van der Waals surface area contributed by atoms with E-state index in [1.807, 2.05) is 39.4 Å². The third-order valence-corrected chi connectivity index (χ3v) is 13.0. The molecule has 0 aliphatic carbocycles. The summed E-state index contributed by atoms with van der Waals surface area (Å²) in [5.41, 5.74) is 0. The summed E-state index contributed by atoms with van der Waals surface area (Å²) in [5, 5.41) is 13.8. The monoisotopic (exact) mass is 996 g/mol. The van der Waals surface area contributed by atoms with Gasteiger partial charge in [0.2, 0.25) is 5.91 Å². The Kier molecular flexibility index (Phi) is 49.0. The Morgan fingerprint density at radius 1 is 0.500 bits per heavy atom. The third-order valence-electron chi connectivity index (χ3n) is 12.0. The zero-order valence-electron chi connectivity index (χ0n) is 45.7. The maximum atomic E-state index is 12.9. The van der Waals surface area contributed by atoms with Gasteiger partial charge in [0.05, 0.1) is 39.9 Å². The number of nitrogens with one attached hydrogen (secondary N) is 1. The molecule has 3 N–H and O–H groups in total. The van der Waals surface area contributed by atoms with Crippen LogP contribution in [0.2, 0.25) is 0 Å². The van der Waals surface area contributed by atoms with E-state index in [0.717, 1.165) is 64.2 Å². The van der Waals surface area contributed by atoms with E-state index < -0.39 is 20.0 Å². The summed E-state index contributed by atoms with van der Waals surface area (Å²) in [6.45, 7) is 4.61. The zero-order chi connectivity index (χ0) is 51.3. The van der Waals surface area contributed by atoms with Crippen molar-refractivity contribution in [1.82, 2.24) is 5.32 Å². The number of aliphatic hydroxyl groups is 1. The molecule has 0 aliphatic heterocycles. The first kappa shape index (κ1) is 67.2. The molecule has 0 aromatic carbocycles. The van der Waals surface area contributed by atoms with Crippen molar-refractivity contribution >= 4 is 13.7 Å². The van der Waals surface area contributed by atoms with Crippen molar-refractivity contribution in [2.24, 2.45) is 0 Å². The molecule has 8 nitrogen and oxygen atoms in total. The number of quaternary nitrogens is 1. The van der Waals surface area contributed by atoms with Gasteiger partial charge in [0, 0.05) is 6.42 Å². The Bertz CT molecular complexity index is 1500. The van der Waals surface area contributed by atoms with E-state index in [4.69, 9.17) is 9.05 Å². The lowest BCUT2D eigenvalue weighted by atomic mass is 10.0. The van der Waals surface area contributed by atoms with Crippen LogP contribution in [0.4, 0.5) is 0 Å². The van der Waals surface area contributed by atoms with Crippen LogP contribution in [0.15, 0.2) is 109 Å². The highest BCUT2D eigenvalue weighted by atomic mass is 31.2. The van der Waals surface area contributed by atoms with E-state index >= 15 is 0 Å². The fourth-order valence-electron chi connectivity index (χ4n) is 7.57. The van der Waals surface area contributed by atoms with Gasteiger partial charge in [-0.3, -0.25) is 13.8 Å². The van der Waals surface area contributed by atoms with E-state index in [9.17, 15) is 19.4 Å². The first-order valence-corrected chi connectivity index (χ1v) is 29.8. The van der Waals surface area contributed by atoms with Crippen molar-refractivity contribution in [3.63, 3.8) is 0 Å². The molecule has 0 heterocycles. The Morgan fingerprint density at radius 3 is 1.30 bits per heavy atom. The second-order valence-electron chi connectivity index (χ2n) is 19.9. The summed E-state index contributed by atoms with van der Waals surface area (Å²) in [4.78, 5) is 23.2. The third kappa shape index (κ3) is 53.0. The predicted molar refractivity (Wildman–Crippen MR) is 304 cm³/mol. The smallest absolute Gasteiger partial charge is 0.387 e. The Labute approximate surface area is 431 Å². The minimum atomic E-state index is -4.39. The van der Waals surface area contributed by atoms with E-state index in [-0.39, 0.29) is 25.5 Å². The summed E-state index contributed by atoms with van der Waals surface area (Å²) in [6, 6.07) is -0.919. The van der Waals surface area contributed by atoms with Gasteiger partial charge in [0.1, 0.15) is 13.2 Å². The number of phosphoric ester groups is 1. The number of likely N-dealkylation sites (N-methyl/N-ethyl adjacent to an activating group) is 1. The molecule has 0 aliphatic rings. The molecule has 0 rings (SSSR count). The van der Waals surface area contributed by atoms with Crippen molar-refractivity contribution in [1.29, 1.82) is 0 Å². The van der Waals surface area contributed by atoms with Crippen LogP contribution >= 0.6 is 7.82 Å². The molecule has 0 fully saturated rings. The van der Waals surface area contributed by atoms with Crippen LogP contribution in [0.5, 0.6) is 0 Å². The van der Waals surface area contributed by atoms with Crippen LogP contribution in [0.1, 0.15) is 219 Å². The van der Waals surface area contributed by atoms with Gasteiger partial charge in [-0.05, 0) is 83.5 Å². The number of unbranched alkanes of at least 4 members (excludes halogenated alkanes) is 21. The van der Waals surface area contributed by atoms with E-state index in [2.05, 4.69) is 104 Å². The van der Waals surface area contributed by atoms with Gasteiger partial charge < -0.3 is 19.8 Å².